The molecule has 0 aliphatic carbocycles. The van der Waals surface area contributed by atoms with Crippen LogP contribution in [0, 0.1) is 0 Å². The Bertz CT molecular complexity index is 261. The van der Waals surface area contributed by atoms with Crippen LogP contribution in [0.3, 0.4) is 0 Å². The summed E-state index contributed by atoms with van der Waals surface area (Å²) in [6.45, 7) is 0. The van der Waals surface area contributed by atoms with E-state index < -0.39 is 4.84 Å². The molecule has 0 amide bonds. The topological polar surface area (TPSA) is 12.9 Å². The number of hydrogen-bond donors (Lipinski definition) is 0. The van der Waals surface area contributed by atoms with Crippen molar-refractivity contribution in [1.82, 2.24) is 4.98 Å². The lowest BCUT2D eigenvalue weighted by Crippen LogP contribution is -1.86. The van der Waals surface area contributed by atoms with Gasteiger partial charge in [-0.3, -0.25) is 4.98 Å². The minimum atomic E-state index is -0.662. The Morgan fingerprint density at radius 1 is 1.18 bits per heavy atom. The van der Waals surface area contributed by atoms with Crippen molar-refractivity contribution in [1.29, 1.82) is 0 Å². The summed E-state index contributed by atoms with van der Waals surface area (Å²) in [6, 6.07) is 1.54. The highest BCUT2D eigenvalue weighted by Crippen LogP contribution is 2.28. The van der Waals surface area contributed by atoms with Crippen LogP contribution in [0.25, 0.3) is 0 Å². The van der Waals surface area contributed by atoms with E-state index in [4.69, 9.17) is 46.4 Å². The highest BCUT2D eigenvalue weighted by molar-refractivity contribution is 6.44. The molecule has 0 N–H and O–H groups in total. The van der Waals surface area contributed by atoms with Gasteiger partial charge in [0.1, 0.15) is 4.84 Å². The predicted octanol–water partition coefficient (Wildman–Crippen LogP) is 3.86. The van der Waals surface area contributed by atoms with Crippen molar-refractivity contribution >= 4 is 46.4 Å². The summed E-state index contributed by atoms with van der Waals surface area (Å²) in [6.07, 6.45) is 1.41. The van der Waals surface area contributed by atoms with E-state index in [1.165, 1.54) is 12.3 Å². The number of alkyl halides is 2. The van der Waals surface area contributed by atoms with Crippen LogP contribution in [-0.2, 0) is 0 Å². The second kappa shape index (κ2) is 3.81. The third-order valence-corrected chi connectivity index (χ3v) is 2.21. The zero-order valence-corrected chi connectivity index (χ0v) is 8.21. The van der Waals surface area contributed by atoms with E-state index in [-0.39, 0.29) is 0 Å². The molecule has 5 heteroatoms. The van der Waals surface area contributed by atoms with E-state index in [1.807, 2.05) is 0 Å². The molecular formula is C6H3Cl4N. The second-order valence-corrected chi connectivity index (χ2v) is 3.73. The van der Waals surface area contributed by atoms with E-state index >= 15 is 0 Å². The monoisotopic (exact) mass is 229 g/mol. The van der Waals surface area contributed by atoms with Gasteiger partial charge in [0.15, 0.2) is 0 Å². The number of rotatable bonds is 1. The highest BCUT2D eigenvalue weighted by Gasteiger charge is 2.06. The average molecular weight is 231 g/mol. The van der Waals surface area contributed by atoms with E-state index in [0.717, 1.165) is 0 Å². The summed E-state index contributed by atoms with van der Waals surface area (Å²) in [7, 11) is 0. The maximum Gasteiger partial charge on any atom is 0.149 e. The van der Waals surface area contributed by atoms with E-state index in [1.54, 1.807) is 0 Å². The van der Waals surface area contributed by atoms with Crippen LogP contribution in [0.4, 0.5) is 0 Å². The van der Waals surface area contributed by atoms with Gasteiger partial charge in [0.2, 0.25) is 0 Å². The fraction of sp³-hybridized carbons (Fsp3) is 0.167. The van der Waals surface area contributed by atoms with E-state index in [0.29, 0.717) is 15.7 Å². The molecule has 0 aliphatic rings. The van der Waals surface area contributed by atoms with Crippen LogP contribution < -0.4 is 0 Å². The first kappa shape index (κ1) is 9.40. The first-order valence-electron chi connectivity index (χ1n) is 2.70. The maximum atomic E-state index is 5.67. The first-order valence-corrected chi connectivity index (χ1v) is 4.33. The Balaban J connectivity index is 3.05. The maximum absolute atomic E-state index is 5.67. The van der Waals surface area contributed by atoms with Crippen molar-refractivity contribution in [2.24, 2.45) is 0 Å². The Labute approximate surface area is 84.2 Å². The molecule has 0 saturated carbocycles. The predicted molar refractivity (Wildman–Crippen MR) is 48.7 cm³/mol. The summed E-state index contributed by atoms with van der Waals surface area (Å²) >= 11 is 22.3. The number of nitrogens with zero attached hydrogens (tertiary/aromatic N) is 1. The molecule has 0 bridgehead atoms. The molecule has 0 aromatic carbocycles. The summed E-state index contributed by atoms with van der Waals surface area (Å²) in [4.78, 5) is 3.20. The minimum Gasteiger partial charge on any atom is -0.257 e. The molecular weight excluding hydrogens is 228 g/mol. The zero-order chi connectivity index (χ0) is 8.43. The van der Waals surface area contributed by atoms with Gasteiger partial charge in [0.25, 0.3) is 0 Å². The Morgan fingerprint density at radius 2 is 1.82 bits per heavy atom. The summed E-state index contributed by atoms with van der Waals surface area (Å²) < 4.78 is 0. The fourth-order valence-electron chi connectivity index (χ4n) is 0.548. The van der Waals surface area contributed by atoms with Gasteiger partial charge in [-0.1, -0.05) is 46.4 Å². The van der Waals surface area contributed by atoms with Gasteiger partial charge in [0.05, 0.1) is 15.7 Å². The third-order valence-electron chi connectivity index (χ3n) is 1.05. The summed E-state index contributed by atoms with van der Waals surface area (Å²) in [5, 5.41) is 0.798. The van der Waals surface area contributed by atoms with E-state index in [2.05, 4.69) is 4.98 Å². The standard InChI is InChI=1S/C6H3Cl4N/c7-3-1-5(6(9)10)11-2-4(3)8/h1-2,6H. The quantitative estimate of drug-likeness (QED) is 0.668. The van der Waals surface area contributed by atoms with E-state index in [9.17, 15) is 0 Å². The fourth-order valence-corrected chi connectivity index (χ4v) is 1.05. The van der Waals surface area contributed by atoms with Crippen molar-refractivity contribution in [3.05, 3.63) is 28.0 Å². The molecule has 1 aromatic rings. The van der Waals surface area contributed by atoms with Gasteiger partial charge in [-0.05, 0) is 6.07 Å². The van der Waals surface area contributed by atoms with Crippen LogP contribution in [-0.4, -0.2) is 4.98 Å². The van der Waals surface area contributed by atoms with Crippen molar-refractivity contribution in [3.8, 4) is 0 Å². The van der Waals surface area contributed by atoms with Crippen molar-refractivity contribution in [2.75, 3.05) is 0 Å². The number of hydrogen-bond acceptors (Lipinski definition) is 1. The molecule has 11 heavy (non-hydrogen) atoms. The number of pyridine rings is 1. The largest absolute Gasteiger partial charge is 0.257 e. The van der Waals surface area contributed by atoms with Gasteiger partial charge in [0, 0.05) is 6.20 Å². The smallest absolute Gasteiger partial charge is 0.149 e. The lowest BCUT2D eigenvalue weighted by Gasteiger charge is -2.00. The number of aromatic nitrogens is 1. The molecule has 0 fully saturated rings. The average Bonchev–Trinajstić information content (AvgIpc) is 1.94. The molecule has 0 aliphatic heterocycles. The lowest BCUT2D eigenvalue weighted by molar-refractivity contribution is 1.15. The van der Waals surface area contributed by atoms with Crippen LogP contribution in [0.1, 0.15) is 10.5 Å². The molecule has 1 rings (SSSR count). The number of halogens is 4. The summed E-state index contributed by atoms with van der Waals surface area (Å²) in [5.74, 6) is 0. The SMILES string of the molecule is Clc1cnc(C(Cl)Cl)cc1Cl. The zero-order valence-electron chi connectivity index (χ0n) is 5.19. The third kappa shape index (κ3) is 2.38. The molecule has 0 unspecified atom stereocenters. The molecule has 60 valence electrons. The van der Waals surface area contributed by atoms with Gasteiger partial charge in [-0.25, -0.2) is 0 Å². The van der Waals surface area contributed by atoms with Gasteiger partial charge >= 0.3 is 0 Å². The molecule has 0 atom stereocenters. The van der Waals surface area contributed by atoms with Gasteiger partial charge in [-0.2, -0.15) is 0 Å². The van der Waals surface area contributed by atoms with Gasteiger partial charge < -0.3 is 0 Å². The highest BCUT2D eigenvalue weighted by atomic mass is 35.5. The normalized spacial score (nSPS) is 10.6. The lowest BCUT2D eigenvalue weighted by atomic mass is 10.4. The molecule has 0 radical (unpaired) electrons. The first-order chi connectivity index (χ1) is 5.11. The van der Waals surface area contributed by atoms with Crippen molar-refractivity contribution in [3.63, 3.8) is 0 Å². The Hall–Kier alpha value is 0.310. The molecule has 1 aromatic heterocycles. The summed E-state index contributed by atoms with van der Waals surface area (Å²) in [5.41, 5.74) is 0.503. The Kier molecular flexibility index (Phi) is 3.26. The van der Waals surface area contributed by atoms with Gasteiger partial charge in [-0.15, -0.1) is 0 Å². The molecule has 0 spiro atoms. The van der Waals surface area contributed by atoms with Crippen LogP contribution in [0.2, 0.25) is 10.0 Å². The van der Waals surface area contributed by atoms with Crippen LogP contribution >= 0.6 is 46.4 Å². The second-order valence-electron chi connectivity index (χ2n) is 1.82. The minimum absolute atomic E-state index is 0.393. The Morgan fingerprint density at radius 3 is 2.27 bits per heavy atom. The van der Waals surface area contributed by atoms with Crippen molar-refractivity contribution in [2.45, 2.75) is 4.84 Å². The van der Waals surface area contributed by atoms with Crippen molar-refractivity contribution < 1.29 is 0 Å². The molecule has 1 nitrogen and oxygen atoms in total. The molecule has 0 saturated heterocycles. The van der Waals surface area contributed by atoms with Crippen LogP contribution in [0.5, 0.6) is 0 Å². The van der Waals surface area contributed by atoms with Crippen LogP contribution in [0.15, 0.2) is 12.3 Å². The molecule has 1 heterocycles.